The van der Waals surface area contributed by atoms with E-state index in [4.69, 9.17) is 9.72 Å². The van der Waals surface area contributed by atoms with Gasteiger partial charge in [0.25, 0.3) is 0 Å². The van der Waals surface area contributed by atoms with Crippen molar-refractivity contribution in [1.82, 2.24) is 9.38 Å². The highest BCUT2D eigenvalue weighted by Gasteiger charge is 2.20. The molecule has 0 fully saturated rings. The summed E-state index contributed by atoms with van der Waals surface area (Å²) in [4.78, 5) is 17.1. The number of anilines is 1. The summed E-state index contributed by atoms with van der Waals surface area (Å²) in [5.41, 5.74) is 4.68. The number of nitrogens with zero attached hydrogens (tertiary/aromatic N) is 2. The van der Waals surface area contributed by atoms with E-state index in [1.165, 1.54) is 5.56 Å². The number of hydrogen-bond donors (Lipinski definition) is 1. The Bertz CT molecular complexity index is 1180. The molecule has 0 amide bonds. The van der Waals surface area contributed by atoms with Crippen molar-refractivity contribution in [3.8, 4) is 17.0 Å². The predicted molar refractivity (Wildman–Crippen MR) is 120 cm³/mol. The molecule has 1 N–H and O–H groups in total. The predicted octanol–water partition coefficient (Wildman–Crippen LogP) is 5.48. The molecular weight excluding hydrogens is 374 g/mol. The SMILES string of the molecule is Cc1ccn2c(NCc3ccccc3)c(-c3ccccc3OC(=O)C(C)C)nc2c1. The number of esters is 1. The second-order valence-corrected chi connectivity index (χ2v) is 7.65. The van der Waals surface area contributed by atoms with Crippen molar-refractivity contribution >= 4 is 17.4 Å². The van der Waals surface area contributed by atoms with Crippen molar-refractivity contribution in [3.05, 3.63) is 84.1 Å². The Hall–Kier alpha value is -3.60. The van der Waals surface area contributed by atoms with E-state index in [1.807, 2.05) is 79.9 Å². The largest absolute Gasteiger partial charge is 0.426 e. The molecule has 0 aliphatic rings. The lowest BCUT2D eigenvalue weighted by Gasteiger charge is -2.13. The molecular formula is C25H25N3O2. The van der Waals surface area contributed by atoms with Crippen LogP contribution in [-0.2, 0) is 11.3 Å². The molecule has 0 radical (unpaired) electrons. The Labute approximate surface area is 176 Å². The molecule has 0 saturated carbocycles. The molecule has 30 heavy (non-hydrogen) atoms. The zero-order chi connectivity index (χ0) is 21.1. The second kappa shape index (κ2) is 8.41. The van der Waals surface area contributed by atoms with Gasteiger partial charge in [-0.2, -0.15) is 0 Å². The Morgan fingerprint density at radius 3 is 2.57 bits per heavy atom. The molecule has 0 atom stereocenters. The number of aromatic nitrogens is 2. The summed E-state index contributed by atoms with van der Waals surface area (Å²) in [6, 6.07) is 21.9. The van der Waals surface area contributed by atoms with Crippen LogP contribution in [0.5, 0.6) is 5.75 Å². The molecule has 0 unspecified atom stereocenters. The number of nitrogens with one attached hydrogen (secondary N) is 1. The van der Waals surface area contributed by atoms with E-state index in [9.17, 15) is 4.79 Å². The number of benzene rings is 2. The molecule has 5 nitrogen and oxygen atoms in total. The third-order valence-corrected chi connectivity index (χ3v) is 4.91. The van der Waals surface area contributed by atoms with Crippen LogP contribution in [0.3, 0.4) is 0 Å². The van der Waals surface area contributed by atoms with E-state index in [0.29, 0.717) is 12.3 Å². The summed E-state index contributed by atoms with van der Waals surface area (Å²) >= 11 is 0. The fraction of sp³-hybridized carbons (Fsp3) is 0.200. The molecule has 0 saturated heterocycles. The minimum atomic E-state index is -0.263. The first-order valence-corrected chi connectivity index (χ1v) is 10.1. The van der Waals surface area contributed by atoms with Crippen LogP contribution in [0.25, 0.3) is 16.9 Å². The van der Waals surface area contributed by atoms with Gasteiger partial charge in [0.2, 0.25) is 0 Å². The number of hydrogen-bond acceptors (Lipinski definition) is 4. The van der Waals surface area contributed by atoms with Crippen LogP contribution in [0.4, 0.5) is 5.82 Å². The van der Waals surface area contributed by atoms with Gasteiger partial charge in [0, 0.05) is 18.3 Å². The van der Waals surface area contributed by atoms with Gasteiger partial charge in [-0.05, 0) is 42.3 Å². The fourth-order valence-corrected chi connectivity index (χ4v) is 3.26. The number of fused-ring (bicyclic) bond motifs is 1. The lowest BCUT2D eigenvalue weighted by molar-refractivity contribution is -0.137. The summed E-state index contributed by atoms with van der Waals surface area (Å²) < 4.78 is 7.72. The van der Waals surface area contributed by atoms with Crippen LogP contribution in [-0.4, -0.2) is 15.4 Å². The first-order chi connectivity index (χ1) is 14.5. The van der Waals surface area contributed by atoms with Gasteiger partial charge in [0.1, 0.15) is 22.9 Å². The third kappa shape index (κ3) is 4.06. The summed E-state index contributed by atoms with van der Waals surface area (Å²) in [7, 11) is 0. The molecule has 4 rings (SSSR count). The molecule has 2 aromatic heterocycles. The summed E-state index contributed by atoms with van der Waals surface area (Å²) in [5.74, 6) is 0.902. The molecule has 0 aliphatic heterocycles. The van der Waals surface area contributed by atoms with Crippen molar-refractivity contribution in [3.63, 3.8) is 0 Å². The highest BCUT2D eigenvalue weighted by molar-refractivity contribution is 5.83. The lowest BCUT2D eigenvalue weighted by Crippen LogP contribution is -2.15. The number of pyridine rings is 1. The Morgan fingerprint density at radius 1 is 1.07 bits per heavy atom. The fourth-order valence-electron chi connectivity index (χ4n) is 3.26. The summed E-state index contributed by atoms with van der Waals surface area (Å²) in [6.45, 7) is 6.35. The molecule has 5 heteroatoms. The first kappa shape index (κ1) is 19.7. The number of rotatable bonds is 6. The average molecular weight is 399 g/mol. The monoisotopic (exact) mass is 399 g/mol. The molecule has 0 spiro atoms. The minimum Gasteiger partial charge on any atom is -0.426 e. The number of ether oxygens (including phenoxy) is 1. The maximum Gasteiger partial charge on any atom is 0.313 e. The van der Waals surface area contributed by atoms with E-state index < -0.39 is 0 Å². The zero-order valence-corrected chi connectivity index (χ0v) is 17.4. The molecule has 2 heterocycles. The zero-order valence-electron chi connectivity index (χ0n) is 17.4. The highest BCUT2D eigenvalue weighted by Crippen LogP contribution is 2.36. The maximum absolute atomic E-state index is 12.2. The number of aryl methyl sites for hydroxylation is 1. The number of para-hydroxylation sites is 1. The number of carbonyl (C=O) groups is 1. The average Bonchev–Trinajstić information content (AvgIpc) is 3.10. The van der Waals surface area contributed by atoms with Crippen LogP contribution in [0.2, 0.25) is 0 Å². The molecule has 0 aliphatic carbocycles. The standard InChI is InChI=1S/C25H25N3O2/c1-17(2)25(29)30-21-12-8-7-11-20(21)23-24(26-16-19-9-5-4-6-10-19)28-14-13-18(3)15-22(28)27-23/h4-15,17,26H,16H2,1-3H3. The Kier molecular flexibility index (Phi) is 5.53. The maximum atomic E-state index is 12.2. The van der Waals surface area contributed by atoms with E-state index in [-0.39, 0.29) is 11.9 Å². The van der Waals surface area contributed by atoms with Crippen LogP contribution >= 0.6 is 0 Å². The van der Waals surface area contributed by atoms with Crippen LogP contribution in [0.15, 0.2) is 72.9 Å². The van der Waals surface area contributed by atoms with Crippen molar-refractivity contribution in [2.45, 2.75) is 27.3 Å². The van der Waals surface area contributed by atoms with Gasteiger partial charge in [-0.1, -0.05) is 56.3 Å². The van der Waals surface area contributed by atoms with E-state index in [2.05, 4.69) is 23.5 Å². The second-order valence-electron chi connectivity index (χ2n) is 7.65. The summed E-state index contributed by atoms with van der Waals surface area (Å²) in [6.07, 6.45) is 2.01. The van der Waals surface area contributed by atoms with Gasteiger partial charge < -0.3 is 10.1 Å². The van der Waals surface area contributed by atoms with E-state index in [0.717, 1.165) is 28.3 Å². The first-order valence-electron chi connectivity index (χ1n) is 10.1. The topological polar surface area (TPSA) is 55.6 Å². The molecule has 4 aromatic rings. The van der Waals surface area contributed by atoms with Gasteiger partial charge >= 0.3 is 5.97 Å². The lowest BCUT2D eigenvalue weighted by atomic mass is 10.1. The van der Waals surface area contributed by atoms with Crippen molar-refractivity contribution in [2.75, 3.05) is 5.32 Å². The van der Waals surface area contributed by atoms with Gasteiger partial charge in [-0.3, -0.25) is 9.20 Å². The van der Waals surface area contributed by atoms with Gasteiger partial charge in [-0.25, -0.2) is 4.98 Å². The van der Waals surface area contributed by atoms with Crippen molar-refractivity contribution in [1.29, 1.82) is 0 Å². The van der Waals surface area contributed by atoms with Crippen molar-refractivity contribution in [2.24, 2.45) is 5.92 Å². The Balaban J connectivity index is 1.80. The van der Waals surface area contributed by atoms with Gasteiger partial charge in [0.05, 0.1) is 5.92 Å². The minimum absolute atomic E-state index is 0.211. The highest BCUT2D eigenvalue weighted by atomic mass is 16.5. The number of carbonyl (C=O) groups excluding carboxylic acids is 1. The van der Waals surface area contributed by atoms with Crippen molar-refractivity contribution < 1.29 is 9.53 Å². The third-order valence-electron chi connectivity index (χ3n) is 4.91. The Morgan fingerprint density at radius 2 is 1.80 bits per heavy atom. The molecule has 0 bridgehead atoms. The van der Waals surface area contributed by atoms with Gasteiger partial charge in [0.15, 0.2) is 0 Å². The van der Waals surface area contributed by atoms with E-state index >= 15 is 0 Å². The van der Waals surface area contributed by atoms with E-state index in [1.54, 1.807) is 0 Å². The molecule has 2 aromatic carbocycles. The molecule has 152 valence electrons. The van der Waals surface area contributed by atoms with Crippen LogP contribution in [0.1, 0.15) is 25.0 Å². The number of imidazole rings is 1. The van der Waals surface area contributed by atoms with Crippen LogP contribution in [0, 0.1) is 12.8 Å². The quantitative estimate of drug-likeness (QED) is 0.344. The smallest absolute Gasteiger partial charge is 0.313 e. The van der Waals surface area contributed by atoms with Gasteiger partial charge in [-0.15, -0.1) is 0 Å². The summed E-state index contributed by atoms with van der Waals surface area (Å²) in [5, 5.41) is 3.53. The van der Waals surface area contributed by atoms with Crippen LogP contribution < -0.4 is 10.1 Å². The normalized spacial score (nSPS) is 11.1.